The zero-order valence-electron chi connectivity index (χ0n) is 10.8. The van der Waals surface area contributed by atoms with Gasteiger partial charge in [-0.05, 0) is 23.3 Å². The van der Waals surface area contributed by atoms with Crippen molar-refractivity contribution in [2.24, 2.45) is 0 Å². The van der Waals surface area contributed by atoms with E-state index in [2.05, 4.69) is 10.6 Å². The molecule has 4 nitrogen and oxygen atoms in total. The van der Waals surface area contributed by atoms with Crippen LogP contribution in [0.3, 0.4) is 0 Å². The number of carbonyl (C=O) groups excluding carboxylic acids is 1. The van der Waals surface area contributed by atoms with Gasteiger partial charge in [0.15, 0.2) is 0 Å². The van der Waals surface area contributed by atoms with E-state index in [9.17, 15) is 9.90 Å². The molecule has 2 aromatic carbocycles. The number of nitrogens with one attached hydrogen (secondary N) is 2. The Bertz CT molecular complexity index is 692. The number of aromatic hydroxyl groups is 1. The average molecular weight is 266 g/mol. The Labute approximate surface area is 116 Å². The van der Waals surface area contributed by atoms with Crippen LogP contribution in [0.25, 0.3) is 5.57 Å². The topological polar surface area (TPSA) is 61.4 Å². The summed E-state index contributed by atoms with van der Waals surface area (Å²) in [5.74, 6) is 0.0817. The minimum Gasteiger partial charge on any atom is -0.508 e. The van der Waals surface area contributed by atoms with Crippen molar-refractivity contribution in [3.8, 4) is 5.75 Å². The Hall–Kier alpha value is -2.75. The van der Waals surface area contributed by atoms with Crippen LogP contribution < -0.4 is 10.6 Å². The number of amides is 1. The maximum Gasteiger partial charge on any atom is 0.253 e. The fourth-order valence-corrected chi connectivity index (χ4v) is 2.22. The fourth-order valence-electron chi connectivity index (χ4n) is 2.22. The number of phenolic OH excluding ortho intramolecular Hbond substituents is 1. The van der Waals surface area contributed by atoms with Gasteiger partial charge >= 0.3 is 0 Å². The van der Waals surface area contributed by atoms with Crippen LogP contribution in [0.1, 0.15) is 11.1 Å². The van der Waals surface area contributed by atoms with E-state index < -0.39 is 0 Å². The van der Waals surface area contributed by atoms with Gasteiger partial charge in [0.2, 0.25) is 0 Å². The summed E-state index contributed by atoms with van der Waals surface area (Å²) in [5, 5.41) is 15.3. The van der Waals surface area contributed by atoms with Crippen LogP contribution in [0, 0.1) is 0 Å². The first-order valence-corrected chi connectivity index (χ1v) is 6.36. The van der Waals surface area contributed by atoms with Crippen molar-refractivity contribution in [3.63, 3.8) is 0 Å². The van der Waals surface area contributed by atoms with Crippen LogP contribution in [0.4, 0.5) is 5.69 Å². The SMILES string of the molecule is O=C1NCc2ccccc2C1=CNc1cccc(O)c1. The van der Waals surface area contributed by atoms with Crippen LogP contribution in [-0.2, 0) is 11.3 Å². The van der Waals surface area contributed by atoms with Gasteiger partial charge in [0.05, 0.1) is 5.57 Å². The van der Waals surface area contributed by atoms with E-state index in [-0.39, 0.29) is 11.7 Å². The zero-order valence-corrected chi connectivity index (χ0v) is 10.8. The molecule has 1 aliphatic heterocycles. The minimum atomic E-state index is -0.101. The first-order valence-electron chi connectivity index (χ1n) is 6.36. The number of rotatable bonds is 2. The smallest absolute Gasteiger partial charge is 0.253 e. The van der Waals surface area contributed by atoms with Crippen LogP contribution >= 0.6 is 0 Å². The molecule has 1 heterocycles. The van der Waals surface area contributed by atoms with Gasteiger partial charge in [0, 0.05) is 24.5 Å². The molecular weight excluding hydrogens is 252 g/mol. The molecule has 0 bridgehead atoms. The summed E-state index contributed by atoms with van der Waals surface area (Å²) in [4.78, 5) is 12.0. The van der Waals surface area contributed by atoms with Crippen molar-refractivity contribution in [1.82, 2.24) is 5.32 Å². The molecule has 3 N–H and O–H groups in total. The maximum atomic E-state index is 12.0. The van der Waals surface area contributed by atoms with Gasteiger partial charge in [-0.2, -0.15) is 0 Å². The molecule has 3 rings (SSSR count). The highest BCUT2D eigenvalue weighted by atomic mass is 16.3. The van der Waals surface area contributed by atoms with Gasteiger partial charge in [0.25, 0.3) is 5.91 Å². The van der Waals surface area contributed by atoms with Crippen LogP contribution in [0.2, 0.25) is 0 Å². The standard InChI is InChI=1S/C16H14N2O2/c19-13-6-3-5-12(8-13)17-10-15-14-7-2-1-4-11(14)9-18-16(15)20/h1-8,10,17,19H,9H2,(H,18,20). The van der Waals surface area contributed by atoms with Gasteiger partial charge in [-0.1, -0.05) is 30.3 Å². The van der Waals surface area contributed by atoms with Gasteiger partial charge < -0.3 is 15.7 Å². The summed E-state index contributed by atoms with van der Waals surface area (Å²) < 4.78 is 0. The third-order valence-electron chi connectivity index (χ3n) is 3.22. The third kappa shape index (κ3) is 2.36. The van der Waals surface area contributed by atoms with Gasteiger partial charge in [-0.25, -0.2) is 0 Å². The maximum absolute atomic E-state index is 12.0. The van der Waals surface area contributed by atoms with Gasteiger partial charge in [0.1, 0.15) is 5.75 Å². The van der Waals surface area contributed by atoms with Crippen LogP contribution in [0.5, 0.6) is 5.75 Å². The average Bonchev–Trinajstić information content (AvgIpc) is 2.46. The monoisotopic (exact) mass is 266 g/mol. The summed E-state index contributed by atoms with van der Waals surface area (Å²) in [6.45, 7) is 0.554. The Morgan fingerprint density at radius 1 is 1.15 bits per heavy atom. The molecular formula is C16H14N2O2. The van der Waals surface area contributed by atoms with E-state index in [0.717, 1.165) is 16.8 Å². The van der Waals surface area contributed by atoms with Gasteiger partial charge in [-0.15, -0.1) is 0 Å². The second kappa shape index (κ2) is 5.09. The number of carbonyl (C=O) groups is 1. The van der Waals surface area contributed by atoms with Crippen molar-refractivity contribution in [2.75, 3.05) is 5.32 Å². The molecule has 1 aliphatic rings. The van der Waals surface area contributed by atoms with Gasteiger partial charge in [-0.3, -0.25) is 4.79 Å². The molecule has 20 heavy (non-hydrogen) atoms. The largest absolute Gasteiger partial charge is 0.508 e. The lowest BCUT2D eigenvalue weighted by Gasteiger charge is -2.19. The molecule has 2 aromatic rings. The van der Waals surface area contributed by atoms with Crippen molar-refractivity contribution < 1.29 is 9.90 Å². The van der Waals surface area contributed by atoms with Crippen molar-refractivity contribution >= 4 is 17.2 Å². The van der Waals surface area contributed by atoms with E-state index in [4.69, 9.17) is 0 Å². The summed E-state index contributed by atoms with van der Waals surface area (Å²) in [6, 6.07) is 14.6. The van der Waals surface area contributed by atoms with E-state index in [1.165, 1.54) is 0 Å². The summed E-state index contributed by atoms with van der Waals surface area (Å²) in [7, 11) is 0. The van der Waals surface area contributed by atoms with Crippen LogP contribution in [-0.4, -0.2) is 11.0 Å². The lowest BCUT2D eigenvalue weighted by atomic mass is 9.96. The first kappa shape index (κ1) is 12.3. The molecule has 0 saturated heterocycles. The quantitative estimate of drug-likeness (QED) is 0.732. The minimum absolute atomic E-state index is 0.101. The molecule has 100 valence electrons. The Kier molecular flexibility index (Phi) is 3.13. The highest BCUT2D eigenvalue weighted by Gasteiger charge is 2.20. The molecule has 4 heteroatoms. The van der Waals surface area contributed by atoms with Crippen molar-refractivity contribution in [2.45, 2.75) is 6.54 Å². The molecule has 0 radical (unpaired) electrons. The molecule has 1 amide bonds. The fraction of sp³-hybridized carbons (Fsp3) is 0.0625. The molecule has 0 unspecified atom stereocenters. The normalized spacial score (nSPS) is 15.6. The van der Waals surface area contributed by atoms with Crippen molar-refractivity contribution in [1.29, 1.82) is 0 Å². The number of hydrogen-bond acceptors (Lipinski definition) is 3. The Balaban J connectivity index is 1.93. The van der Waals surface area contributed by atoms with Crippen molar-refractivity contribution in [3.05, 3.63) is 65.9 Å². The molecule has 0 spiro atoms. The summed E-state index contributed by atoms with van der Waals surface area (Å²) in [6.07, 6.45) is 1.67. The number of fused-ring (bicyclic) bond motifs is 1. The van der Waals surface area contributed by atoms with E-state index >= 15 is 0 Å². The molecule has 0 aromatic heterocycles. The Morgan fingerprint density at radius 2 is 2.00 bits per heavy atom. The predicted molar refractivity (Wildman–Crippen MR) is 78.0 cm³/mol. The second-order valence-corrected chi connectivity index (χ2v) is 4.59. The van der Waals surface area contributed by atoms with E-state index in [1.807, 2.05) is 30.3 Å². The van der Waals surface area contributed by atoms with Crippen LogP contribution in [0.15, 0.2) is 54.7 Å². The van der Waals surface area contributed by atoms with E-state index in [0.29, 0.717) is 12.1 Å². The molecule has 0 saturated carbocycles. The molecule has 0 aliphatic carbocycles. The zero-order chi connectivity index (χ0) is 13.9. The lowest BCUT2D eigenvalue weighted by Crippen LogP contribution is -2.29. The summed E-state index contributed by atoms with van der Waals surface area (Å²) in [5.41, 5.74) is 3.35. The number of phenols is 1. The second-order valence-electron chi connectivity index (χ2n) is 4.59. The predicted octanol–water partition coefficient (Wildman–Crippen LogP) is 2.47. The number of benzene rings is 2. The number of anilines is 1. The Morgan fingerprint density at radius 3 is 2.85 bits per heavy atom. The first-order chi connectivity index (χ1) is 9.74. The highest BCUT2D eigenvalue weighted by molar-refractivity contribution is 6.21. The third-order valence-corrected chi connectivity index (χ3v) is 3.22. The number of hydrogen-bond donors (Lipinski definition) is 3. The molecule has 0 fully saturated rings. The molecule has 0 atom stereocenters. The van der Waals surface area contributed by atoms with E-state index in [1.54, 1.807) is 24.4 Å². The highest BCUT2D eigenvalue weighted by Crippen LogP contribution is 2.24. The summed E-state index contributed by atoms with van der Waals surface area (Å²) >= 11 is 0. The lowest BCUT2D eigenvalue weighted by molar-refractivity contribution is -0.116.